The average Bonchev–Trinajstić information content (AvgIpc) is 2.34. The van der Waals surface area contributed by atoms with Gasteiger partial charge in [-0.25, -0.2) is 8.93 Å². The van der Waals surface area contributed by atoms with Crippen LogP contribution in [0.2, 0.25) is 0 Å². The Bertz CT molecular complexity index is 395. The molecular formula is C14H23NO2S. The van der Waals surface area contributed by atoms with E-state index < -0.39 is 11.0 Å². The van der Waals surface area contributed by atoms with E-state index in [9.17, 15) is 4.21 Å². The van der Waals surface area contributed by atoms with Crippen LogP contribution in [0.25, 0.3) is 0 Å². The summed E-state index contributed by atoms with van der Waals surface area (Å²) in [7, 11) is 0.596. The minimum atomic E-state index is -1.06. The molecule has 0 aromatic heterocycles. The smallest absolute Gasteiger partial charge is 0.118 e. The quantitative estimate of drug-likeness (QED) is 0.891. The molecule has 0 radical (unpaired) electrons. The first-order chi connectivity index (χ1) is 8.38. The summed E-state index contributed by atoms with van der Waals surface area (Å²) in [6.45, 7) is 7.99. The first-order valence-corrected chi connectivity index (χ1v) is 7.35. The van der Waals surface area contributed by atoms with Gasteiger partial charge in [0, 0.05) is 6.04 Å². The zero-order valence-electron chi connectivity index (χ0n) is 11.8. The summed E-state index contributed by atoms with van der Waals surface area (Å²) >= 11 is 0. The second-order valence-electron chi connectivity index (χ2n) is 5.23. The third kappa shape index (κ3) is 4.10. The third-order valence-corrected chi connectivity index (χ3v) is 4.34. The molecule has 0 heterocycles. The van der Waals surface area contributed by atoms with Crippen LogP contribution in [0.3, 0.4) is 0 Å². The van der Waals surface area contributed by atoms with Gasteiger partial charge in [-0.3, -0.25) is 0 Å². The minimum absolute atomic E-state index is 0.107. The van der Waals surface area contributed by atoms with Crippen molar-refractivity contribution in [3.8, 4) is 5.75 Å². The van der Waals surface area contributed by atoms with Crippen molar-refractivity contribution in [2.75, 3.05) is 7.11 Å². The molecule has 1 rings (SSSR count). The van der Waals surface area contributed by atoms with Crippen molar-refractivity contribution < 1.29 is 8.95 Å². The maximum absolute atomic E-state index is 12.1. The van der Waals surface area contributed by atoms with Gasteiger partial charge in [-0.15, -0.1) is 0 Å². The van der Waals surface area contributed by atoms with Crippen LogP contribution in [0.4, 0.5) is 0 Å². The summed E-state index contributed by atoms with van der Waals surface area (Å²) < 4.78 is 20.2. The van der Waals surface area contributed by atoms with Crippen molar-refractivity contribution in [1.29, 1.82) is 0 Å². The SMILES string of the molecule is CCC(NS(=O)C(C)(C)C)c1ccc(OC)cc1. The van der Waals surface area contributed by atoms with Gasteiger partial charge in [-0.2, -0.15) is 0 Å². The van der Waals surface area contributed by atoms with Gasteiger partial charge in [0.15, 0.2) is 0 Å². The number of nitrogens with one attached hydrogen (secondary N) is 1. The molecule has 0 saturated heterocycles. The predicted octanol–water partition coefficient (Wildman–Crippen LogP) is 3.20. The molecule has 0 aliphatic carbocycles. The Balaban J connectivity index is 2.80. The summed E-state index contributed by atoms with van der Waals surface area (Å²) in [5.74, 6) is 0.838. The number of hydrogen-bond donors (Lipinski definition) is 1. The van der Waals surface area contributed by atoms with Crippen LogP contribution in [-0.2, 0) is 11.0 Å². The zero-order valence-corrected chi connectivity index (χ0v) is 12.6. The van der Waals surface area contributed by atoms with Crippen molar-refractivity contribution in [2.24, 2.45) is 0 Å². The fourth-order valence-electron chi connectivity index (χ4n) is 1.53. The van der Waals surface area contributed by atoms with Crippen molar-refractivity contribution in [3.63, 3.8) is 0 Å². The highest BCUT2D eigenvalue weighted by molar-refractivity contribution is 7.84. The van der Waals surface area contributed by atoms with E-state index in [0.29, 0.717) is 0 Å². The monoisotopic (exact) mass is 269 g/mol. The highest BCUT2D eigenvalue weighted by atomic mass is 32.2. The molecule has 1 aromatic carbocycles. The van der Waals surface area contributed by atoms with Crippen LogP contribution in [0.5, 0.6) is 5.75 Å². The van der Waals surface area contributed by atoms with Gasteiger partial charge in [0.2, 0.25) is 0 Å². The molecule has 0 bridgehead atoms. The van der Waals surface area contributed by atoms with E-state index >= 15 is 0 Å². The van der Waals surface area contributed by atoms with E-state index in [-0.39, 0.29) is 10.8 Å². The van der Waals surface area contributed by atoms with E-state index in [1.807, 2.05) is 45.0 Å². The lowest BCUT2D eigenvalue weighted by molar-refractivity contribution is 0.414. The second-order valence-corrected chi connectivity index (χ2v) is 7.23. The van der Waals surface area contributed by atoms with Gasteiger partial charge in [-0.05, 0) is 44.9 Å². The molecule has 18 heavy (non-hydrogen) atoms. The Morgan fingerprint density at radius 3 is 2.22 bits per heavy atom. The van der Waals surface area contributed by atoms with Crippen LogP contribution in [0, 0.1) is 0 Å². The van der Waals surface area contributed by atoms with Crippen molar-refractivity contribution in [1.82, 2.24) is 4.72 Å². The van der Waals surface area contributed by atoms with Crippen LogP contribution in [-0.4, -0.2) is 16.1 Å². The van der Waals surface area contributed by atoms with Gasteiger partial charge >= 0.3 is 0 Å². The number of benzene rings is 1. The summed E-state index contributed by atoms with van der Waals surface area (Å²) in [4.78, 5) is 0. The molecule has 0 aliphatic rings. The fraction of sp³-hybridized carbons (Fsp3) is 0.571. The molecule has 4 heteroatoms. The summed E-state index contributed by atoms with van der Waals surface area (Å²) in [6.07, 6.45) is 0.897. The topological polar surface area (TPSA) is 38.3 Å². The lowest BCUT2D eigenvalue weighted by Crippen LogP contribution is -2.35. The Hall–Kier alpha value is -0.870. The minimum Gasteiger partial charge on any atom is -0.497 e. The molecule has 2 atom stereocenters. The molecule has 0 aliphatic heterocycles. The highest BCUT2D eigenvalue weighted by Crippen LogP contribution is 2.22. The molecule has 2 unspecified atom stereocenters. The van der Waals surface area contributed by atoms with Crippen LogP contribution in [0.1, 0.15) is 45.7 Å². The van der Waals surface area contributed by atoms with Gasteiger partial charge < -0.3 is 4.74 Å². The maximum Gasteiger partial charge on any atom is 0.118 e. The number of ether oxygens (including phenoxy) is 1. The summed E-state index contributed by atoms with van der Waals surface area (Å²) in [6, 6.07) is 8.00. The summed E-state index contributed by atoms with van der Waals surface area (Å²) in [5.41, 5.74) is 1.14. The molecule has 102 valence electrons. The van der Waals surface area contributed by atoms with E-state index in [1.165, 1.54) is 0 Å². The second kappa shape index (κ2) is 6.34. The number of methoxy groups -OCH3 is 1. The zero-order chi connectivity index (χ0) is 13.8. The first kappa shape index (κ1) is 15.2. The van der Waals surface area contributed by atoms with E-state index in [0.717, 1.165) is 17.7 Å². The Kier molecular flexibility index (Phi) is 5.35. The highest BCUT2D eigenvalue weighted by Gasteiger charge is 2.22. The first-order valence-electron chi connectivity index (χ1n) is 6.20. The van der Waals surface area contributed by atoms with Crippen LogP contribution < -0.4 is 9.46 Å². The molecule has 1 N–H and O–H groups in total. The maximum atomic E-state index is 12.1. The van der Waals surface area contributed by atoms with Gasteiger partial charge in [0.05, 0.1) is 22.8 Å². The average molecular weight is 269 g/mol. The summed E-state index contributed by atoms with van der Waals surface area (Å²) in [5, 5.41) is 0. The molecule has 0 amide bonds. The molecule has 0 fully saturated rings. The Morgan fingerprint density at radius 1 is 1.28 bits per heavy atom. The Morgan fingerprint density at radius 2 is 1.83 bits per heavy atom. The van der Waals surface area contributed by atoms with E-state index in [1.54, 1.807) is 7.11 Å². The van der Waals surface area contributed by atoms with Gasteiger partial charge in [0.25, 0.3) is 0 Å². The Labute approximate surface area is 113 Å². The molecule has 0 saturated carbocycles. The lowest BCUT2D eigenvalue weighted by atomic mass is 10.1. The molecule has 3 nitrogen and oxygen atoms in total. The largest absolute Gasteiger partial charge is 0.497 e. The normalized spacial score (nSPS) is 15.2. The third-order valence-electron chi connectivity index (χ3n) is 2.73. The van der Waals surface area contributed by atoms with Crippen molar-refractivity contribution in [2.45, 2.75) is 44.9 Å². The van der Waals surface area contributed by atoms with Gasteiger partial charge in [0.1, 0.15) is 5.75 Å². The van der Waals surface area contributed by atoms with Crippen LogP contribution in [0.15, 0.2) is 24.3 Å². The number of rotatable bonds is 5. The molecule has 0 spiro atoms. The van der Waals surface area contributed by atoms with E-state index in [2.05, 4.69) is 11.6 Å². The standard InChI is InChI=1S/C14H23NO2S/c1-6-13(15-18(16)14(2,3)4)11-7-9-12(17-5)10-8-11/h7-10,13,15H,6H2,1-5H3. The molecule has 1 aromatic rings. The number of hydrogen-bond acceptors (Lipinski definition) is 2. The van der Waals surface area contributed by atoms with Crippen molar-refractivity contribution in [3.05, 3.63) is 29.8 Å². The fourth-order valence-corrected chi connectivity index (χ4v) is 2.44. The van der Waals surface area contributed by atoms with Gasteiger partial charge in [-0.1, -0.05) is 19.1 Å². The van der Waals surface area contributed by atoms with E-state index in [4.69, 9.17) is 4.74 Å². The van der Waals surface area contributed by atoms with Crippen LogP contribution >= 0.6 is 0 Å². The lowest BCUT2D eigenvalue weighted by Gasteiger charge is -2.23. The van der Waals surface area contributed by atoms with Crippen molar-refractivity contribution >= 4 is 11.0 Å². The molecular weight excluding hydrogens is 246 g/mol. The predicted molar refractivity (Wildman–Crippen MR) is 77.1 cm³/mol.